The Hall–Kier alpha value is -5.18. The molecule has 0 radical (unpaired) electrons. The van der Waals surface area contributed by atoms with Gasteiger partial charge in [-0.15, -0.1) is 0 Å². The topological polar surface area (TPSA) is 115 Å². The molecule has 4 rings (SSSR count). The number of ether oxygens (including phenoxy) is 3. The van der Waals surface area contributed by atoms with Gasteiger partial charge in [-0.3, -0.25) is 9.59 Å². The summed E-state index contributed by atoms with van der Waals surface area (Å²) in [5.41, 5.74) is 3.61. The van der Waals surface area contributed by atoms with Crippen LogP contribution in [-0.4, -0.2) is 37.7 Å². The lowest BCUT2D eigenvalue weighted by atomic mass is 10.1. The molecule has 4 aromatic rings. The van der Waals surface area contributed by atoms with Crippen LogP contribution in [0.4, 0.5) is 5.69 Å². The van der Waals surface area contributed by atoms with Crippen molar-refractivity contribution in [2.75, 3.05) is 19.0 Å². The van der Waals surface area contributed by atoms with Gasteiger partial charge in [0.1, 0.15) is 5.75 Å². The Morgan fingerprint density at radius 1 is 0.868 bits per heavy atom. The first-order valence-corrected chi connectivity index (χ1v) is 11.7. The standard InChI is InChI=1S/C29H25N3O6/c1-3-37-22-14-12-21(13-15-22)29(35)38-25-16-11-19(17-26(25)36-2)18-30-32-28(34)27(33)31-24-10-6-8-20-7-4-5-9-23(20)24/h4-18H,3H2,1-2H3,(H,31,33)(H,32,34)/b30-18-. The summed E-state index contributed by atoms with van der Waals surface area (Å²) in [4.78, 5) is 37.1. The minimum Gasteiger partial charge on any atom is -0.494 e. The van der Waals surface area contributed by atoms with Crippen LogP contribution >= 0.6 is 0 Å². The molecular formula is C29H25N3O6. The third-order valence-corrected chi connectivity index (χ3v) is 5.42. The van der Waals surface area contributed by atoms with Crippen LogP contribution in [0, 0.1) is 0 Å². The highest BCUT2D eigenvalue weighted by Crippen LogP contribution is 2.28. The average molecular weight is 512 g/mol. The lowest BCUT2D eigenvalue weighted by Crippen LogP contribution is -2.32. The van der Waals surface area contributed by atoms with Gasteiger partial charge in [-0.2, -0.15) is 5.10 Å². The Morgan fingerprint density at radius 2 is 1.63 bits per heavy atom. The molecule has 0 saturated carbocycles. The molecule has 0 heterocycles. The van der Waals surface area contributed by atoms with Crippen LogP contribution in [0.1, 0.15) is 22.8 Å². The van der Waals surface area contributed by atoms with Crippen LogP contribution in [0.25, 0.3) is 10.8 Å². The summed E-state index contributed by atoms with van der Waals surface area (Å²) in [6.07, 6.45) is 1.34. The van der Waals surface area contributed by atoms with Crippen molar-refractivity contribution in [1.29, 1.82) is 0 Å². The van der Waals surface area contributed by atoms with Crippen molar-refractivity contribution < 1.29 is 28.6 Å². The number of fused-ring (bicyclic) bond motifs is 1. The molecule has 0 aliphatic rings. The fourth-order valence-corrected chi connectivity index (χ4v) is 3.59. The normalized spacial score (nSPS) is 10.7. The molecule has 2 N–H and O–H groups in total. The van der Waals surface area contributed by atoms with E-state index in [-0.39, 0.29) is 11.5 Å². The number of methoxy groups -OCH3 is 1. The zero-order chi connectivity index (χ0) is 26.9. The number of nitrogens with one attached hydrogen (secondary N) is 2. The molecule has 2 amide bonds. The lowest BCUT2D eigenvalue weighted by molar-refractivity contribution is -0.136. The van der Waals surface area contributed by atoms with Crippen LogP contribution < -0.4 is 25.0 Å². The number of esters is 1. The van der Waals surface area contributed by atoms with E-state index in [2.05, 4.69) is 15.8 Å². The summed E-state index contributed by atoms with van der Waals surface area (Å²) in [7, 11) is 1.43. The van der Waals surface area contributed by atoms with E-state index >= 15 is 0 Å². The van der Waals surface area contributed by atoms with Crippen molar-refractivity contribution in [1.82, 2.24) is 5.43 Å². The van der Waals surface area contributed by atoms with Gasteiger partial charge < -0.3 is 19.5 Å². The molecule has 0 fully saturated rings. The first kappa shape index (κ1) is 25.9. The highest BCUT2D eigenvalue weighted by Gasteiger charge is 2.15. The monoisotopic (exact) mass is 511 g/mol. The first-order valence-electron chi connectivity index (χ1n) is 11.7. The van der Waals surface area contributed by atoms with E-state index < -0.39 is 17.8 Å². The molecule has 0 spiro atoms. The Morgan fingerprint density at radius 3 is 2.39 bits per heavy atom. The van der Waals surface area contributed by atoms with Gasteiger partial charge in [-0.05, 0) is 66.4 Å². The van der Waals surface area contributed by atoms with Crippen molar-refractivity contribution in [3.05, 3.63) is 96.1 Å². The molecule has 38 heavy (non-hydrogen) atoms. The summed E-state index contributed by atoms with van der Waals surface area (Å²) in [6, 6.07) is 24.3. The molecular weight excluding hydrogens is 486 g/mol. The quantitative estimate of drug-likeness (QED) is 0.118. The average Bonchev–Trinajstić information content (AvgIpc) is 2.94. The number of hydrogen-bond acceptors (Lipinski definition) is 7. The van der Waals surface area contributed by atoms with E-state index in [0.29, 0.717) is 29.2 Å². The van der Waals surface area contributed by atoms with Crippen LogP contribution in [-0.2, 0) is 9.59 Å². The number of hydrogen-bond donors (Lipinski definition) is 2. The molecule has 0 unspecified atom stereocenters. The molecule has 0 atom stereocenters. The van der Waals surface area contributed by atoms with E-state index in [1.54, 1.807) is 54.6 Å². The molecule has 4 aromatic carbocycles. The second kappa shape index (κ2) is 12.2. The van der Waals surface area contributed by atoms with Gasteiger partial charge >= 0.3 is 17.8 Å². The lowest BCUT2D eigenvalue weighted by Gasteiger charge is -2.10. The fraction of sp³-hybridized carbons (Fsp3) is 0.103. The Bertz CT molecular complexity index is 1490. The van der Waals surface area contributed by atoms with Gasteiger partial charge in [0.25, 0.3) is 0 Å². The molecule has 0 saturated heterocycles. The molecule has 0 aliphatic heterocycles. The van der Waals surface area contributed by atoms with Crippen LogP contribution in [0.15, 0.2) is 90.0 Å². The number of nitrogens with zero attached hydrogens (tertiary/aromatic N) is 1. The first-order chi connectivity index (χ1) is 18.5. The van der Waals surface area contributed by atoms with Gasteiger partial charge in [0.2, 0.25) is 0 Å². The van der Waals surface area contributed by atoms with Gasteiger partial charge in [-0.25, -0.2) is 10.2 Å². The van der Waals surface area contributed by atoms with Crippen LogP contribution in [0.5, 0.6) is 17.2 Å². The molecule has 0 aromatic heterocycles. The predicted molar refractivity (Wildman–Crippen MR) is 144 cm³/mol. The molecule has 9 nitrogen and oxygen atoms in total. The zero-order valence-corrected chi connectivity index (χ0v) is 20.8. The maximum atomic E-state index is 12.5. The SMILES string of the molecule is CCOc1ccc(C(=O)Oc2ccc(/C=N\NC(=O)C(=O)Nc3cccc4ccccc34)cc2OC)cc1. The zero-order valence-electron chi connectivity index (χ0n) is 20.8. The number of amides is 2. The van der Waals surface area contributed by atoms with Crippen LogP contribution in [0.3, 0.4) is 0 Å². The Kier molecular flexibility index (Phi) is 8.30. The number of benzene rings is 4. The molecule has 0 aliphatic carbocycles. The number of carbonyl (C=O) groups is 3. The minimum absolute atomic E-state index is 0.210. The van der Waals surface area contributed by atoms with E-state index in [9.17, 15) is 14.4 Å². The van der Waals surface area contributed by atoms with Crippen molar-refractivity contribution in [2.24, 2.45) is 5.10 Å². The maximum Gasteiger partial charge on any atom is 0.343 e. The number of rotatable bonds is 8. The highest BCUT2D eigenvalue weighted by molar-refractivity contribution is 6.40. The molecule has 192 valence electrons. The number of anilines is 1. The summed E-state index contributed by atoms with van der Waals surface area (Å²) in [5, 5.41) is 8.19. The summed E-state index contributed by atoms with van der Waals surface area (Å²) < 4.78 is 16.2. The molecule has 9 heteroatoms. The third kappa shape index (κ3) is 6.33. The Balaban J connectivity index is 1.36. The maximum absolute atomic E-state index is 12.5. The second-order valence-corrected chi connectivity index (χ2v) is 7.94. The summed E-state index contributed by atoms with van der Waals surface area (Å²) in [6.45, 7) is 2.40. The van der Waals surface area contributed by atoms with E-state index in [4.69, 9.17) is 14.2 Å². The Labute approximate surface area is 219 Å². The highest BCUT2D eigenvalue weighted by atomic mass is 16.6. The van der Waals surface area contributed by atoms with Crippen molar-refractivity contribution in [3.8, 4) is 17.2 Å². The van der Waals surface area contributed by atoms with Gasteiger partial charge in [0.15, 0.2) is 11.5 Å². The summed E-state index contributed by atoms with van der Waals surface area (Å²) >= 11 is 0. The van der Waals surface area contributed by atoms with Crippen molar-refractivity contribution in [3.63, 3.8) is 0 Å². The van der Waals surface area contributed by atoms with Crippen molar-refractivity contribution in [2.45, 2.75) is 6.92 Å². The molecule has 0 bridgehead atoms. The number of hydrazone groups is 1. The number of carbonyl (C=O) groups excluding carboxylic acids is 3. The predicted octanol–water partition coefficient (Wildman–Crippen LogP) is 4.56. The second-order valence-electron chi connectivity index (χ2n) is 7.94. The largest absolute Gasteiger partial charge is 0.494 e. The van der Waals surface area contributed by atoms with E-state index in [1.165, 1.54) is 13.3 Å². The van der Waals surface area contributed by atoms with Crippen LogP contribution in [0.2, 0.25) is 0 Å². The third-order valence-electron chi connectivity index (χ3n) is 5.42. The van der Waals surface area contributed by atoms with Crippen molar-refractivity contribution >= 4 is 40.5 Å². The van der Waals surface area contributed by atoms with E-state index in [0.717, 1.165) is 10.8 Å². The smallest absolute Gasteiger partial charge is 0.343 e. The van der Waals surface area contributed by atoms with Gasteiger partial charge in [-0.1, -0.05) is 36.4 Å². The summed E-state index contributed by atoms with van der Waals surface area (Å²) in [5.74, 6) is -1.19. The van der Waals surface area contributed by atoms with E-state index in [1.807, 2.05) is 37.3 Å². The fourth-order valence-electron chi connectivity index (χ4n) is 3.59. The minimum atomic E-state index is -0.929. The van der Waals surface area contributed by atoms with Gasteiger partial charge in [0.05, 0.1) is 25.5 Å². The van der Waals surface area contributed by atoms with Gasteiger partial charge in [0, 0.05) is 11.1 Å².